The van der Waals surface area contributed by atoms with Gasteiger partial charge in [0, 0.05) is 6.42 Å². The Balaban J connectivity index is 2.23. The monoisotopic (exact) mass is 244 g/mol. The summed E-state index contributed by atoms with van der Waals surface area (Å²) < 4.78 is 1.99. The van der Waals surface area contributed by atoms with Crippen LogP contribution in [0.3, 0.4) is 0 Å². The van der Waals surface area contributed by atoms with Crippen LogP contribution in [0.5, 0.6) is 0 Å². The maximum atomic E-state index is 5.59. The largest absolute Gasteiger partial charge is 0.330 e. The van der Waals surface area contributed by atoms with Crippen LogP contribution in [0.4, 0.5) is 0 Å². The number of hydrogen-bond donors (Lipinski definition) is 1. The third-order valence-corrected chi connectivity index (χ3v) is 3.05. The number of rotatable bonds is 5. The number of nitrogens with zero attached hydrogens (tertiary/aromatic N) is 3. The molecule has 0 fully saturated rings. The molecule has 2 rings (SSSR count). The molecule has 0 saturated carbocycles. The Kier molecular flexibility index (Phi) is 4.10. The van der Waals surface area contributed by atoms with Crippen molar-refractivity contribution < 1.29 is 0 Å². The van der Waals surface area contributed by atoms with Crippen molar-refractivity contribution in [2.75, 3.05) is 6.54 Å². The highest BCUT2D eigenvalue weighted by Crippen LogP contribution is 2.11. The zero-order chi connectivity index (χ0) is 13.0. The molecule has 0 aliphatic rings. The van der Waals surface area contributed by atoms with Crippen LogP contribution in [0.1, 0.15) is 29.4 Å². The van der Waals surface area contributed by atoms with Crippen molar-refractivity contribution >= 4 is 0 Å². The molecular weight excluding hydrogens is 224 g/mol. The van der Waals surface area contributed by atoms with E-state index in [9.17, 15) is 0 Å². The maximum absolute atomic E-state index is 5.59. The number of aryl methyl sites for hydroxylation is 1. The normalized spacial score (nSPS) is 10.8. The van der Waals surface area contributed by atoms with E-state index in [1.165, 1.54) is 16.8 Å². The molecule has 4 heteroatoms. The second-order valence-corrected chi connectivity index (χ2v) is 4.52. The molecule has 2 aromatic rings. The highest BCUT2D eigenvalue weighted by molar-refractivity contribution is 5.23. The summed E-state index contributed by atoms with van der Waals surface area (Å²) in [6.45, 7) is 5.63. The standard InChI is InChI=1S/C14H20N4/c1-3-14-13(7-8-15)16-17-18(14)10-12-6-4-5-11(2)9-12/h4-6,9H,3,7-8,10,15H2,1-2H3. The minimum absolute atomic E-state index is 0.621. The Morgan fingerprint density at radius 3 is 2.83 bits per heavy atom. The minimum Gasteiger partial charge on any atom is -0.330 e. The van der Waals surface area contributed by atoms with Gasteiger partial charge >= 0.3 is 0 Å². The van der Waals surface area contributed by atoms with Crippen molar-refractivity contribution in [3.63, 3.8) is 0 Å². The molecule has 0 amide bonds. The fourth-order valence-corrected chi connectivity index (χ4v) is 2.20. The summed E-state index contributed by atoms with van der Waals surface area (Å²) in [5, 5.41) is 8.47. The molecule has 0 saturated heterocycles. The summed E-state index contributed by atoms with van der Waals surface area (Å²) >= 11 is 0. The van der Waals surface area contributed by atoms with E-state index in [2.05, 4.69) is 48.4 Å². The van der Waals surface area contributed by atoms with Gasteiger partial charge in [0.25, 0.3) is 0 Å². The van der Waals surface area contributed by atoms with Gasteiger partial charge in [-0.3, -0.25) is 0 Å². The minimum atomic E-state index is 0.621. The molecule has 18 heavy (non-hydrogen) atoms. The second-order valence-electron chi connectivity index (χ2n) is 4.52. The van der Waals surface area contributed by atoms with Gasteiger partial charge in [0.05, 0.1) is 17.9 Å². The average Bonchev–Trinajstić information content (AvgIpc) is 2.72. The van der Waals surface area contributed by atoms with Gasteiger partial charge in [0.2, 0.25) is 0 Å². The summed E-state index contributed by atoms with van der Waals surface area (Å²) in [7, 11) is 0. The van der Waals surface area contributed by atoms with Crippen molar-refractivity contribution in [2.45, 2.75) is 33.2 Å². The fourth-order valence-electron chi connectivity index (χ4n) is 2.20. The van der Waals surface area contributed by atoms with E-state index in [0.717, 1.165) is 25.1 Å². The zero-order valence-corrected chi connectivity index (χ0v) is 11.1. The van der Waals surface area contributed by atoms with Gasteiger partial charge in [-0.1, -0.05) is 42.0 Å². The van der Waals surface area contributed by atoms with Gasteiger partial charge in [0.1, 0.15) is 0 Å². The molecule has 1 aromatic carbocycles. The van der Waals surface area contributed by atoms with Crippen molar-refractivity contribution in [2.24, 2.45) is 5.73 Å². The molecule has 1 aromatic heterocycles. The lowest BCUT2D eigenvalue weighted by Gasteiger charge is -2.06. The van der Waals surface area contributed by atoms with Crippen LogP contribution in [0.15, 0.2) is 24.3 Å². The molecule has 0 atom stereocenters. The smallest absolute Gasteiger partial charge is 0.0871 e. The zero-order valence-electron chi connectivity index (χ0n) is 11.1. The lowest BCUT2D eigenvalue weighted by molar-refractivity contribution is 0.622. The van der Waals surface area contributed by atoms with Crippen LogP contribution in [0.25, 0.3) is 0 Å². The van der Waals surface area contributed by atoms with Crippen LogP contribution in [0.2, 0.25) is 0 Å². The van der Waals surface area contributed by atoms with E-state index < -0.39 is 0 Å². The SMILES string of the molecule is CCc1c(CCN)nnn1Cc1cccc(C)c1. The summed E-state index contributed by atoms with van der Waals surface area (Å²) in [4.78, 5) is 0. The topological polar surface area (TPSA) is 56.7 Å². The van der Waals surface area contributed by atoms with E-state index in [1.807, 2.05) is 4.68 Å². The molecular formula is C14H20N4. The van der Waals surface area contributed by atoms with Crippen LogP contribution in [0, 0.1) is 6.92 Å². The Morgan fingerprint density at radius 1 is 1.33 bits per heavy atom. The Morgan fingerprint density at radius 2 is 2.17 bits per heavy atom. The van der Waals surface area contributed by atoms with Gasteiger partial charge in [-0.25, -0.2) is 4.68 Å². The molecule has 0 unspecified atom stereocenters. The number of aromatic nitrogens is 3. The average molecular weight is 244 g/mol. The quantitative estimate of drug-likeness (QED) is 0.871. The van der Waals surface area contributed by atoms with Gasteiger partial charge in [-0.05, 0) is 25.5 Å². The highest BCUT2D eigenvalue weighted by atomic mass is 15.4. The number of hydrogen-bond acceptors (Lipinski definition) is 3. The third kappa shape index (κ3) is 2.76. The Bertz CT molecular complexity index is 516. The molecule has 0 spiro atoms. The number of benzene rings is 1. The first-order chi connectivity index (χ1) is 8.74. The van der Waals surface area contributed by atoms with Gasteiger partial charge < -0.3 is 5.73 Å². The van der Waals surface area contributed by atoms with E-state index in [-0.39, 0.29) is 0 Å². The lowest BCUT2D eigenvalue weighted by atomic mass is 10.1. The first-order valence-electron chi connectivity index (χ1n) is 6.41. The molecule has 0 aliphatic heterocycles. The molecule has 0 radical (unpaired) electrons. The van der Waals surface area contributed by atoms with E-state index in [4.69, 9.17) is 5.73 Å². The van der Waals surface area contributed by atoms with Crippen LogP contribution in [-0.2, 0) is 19.4 Å². The van der Waals surface area contributed by atoms with Gasteiger partial charge in [-0.2, -0.15) is 0 Å². The summed E-state index contributed by atoms with van der Waals surface area (Å²) in [5.41, 5.74) is 10.3. The van der Waals surface area contributed by atoms with Crippen molar-refractivity contribution in [1.82, 2.24) is 15.0 Å². The third-order valence-electron chi connectivity index (χ3n) is 3.05. The first-order valence-corrected chi connectivity index (χ1v) is 6.41. The number of nitrogens with two attached hydrogens (primary N) is 1. The van der Waals surface area contributed by atoms with Crippen LogP contribution >= 0.6 is 0 Å². The summed E-state index contributed by atoms with van der Waals surface area (Å²) in [6, 6.07) is 8.49. The van der Waals surface area contributed by atoms with Crippen LogP contribution < -0.4 is 5.73 Å². The Labute approximate surface area is 108 Å². The molecule has 0 bridgehead atoms. The van der Waals surface area contributed by atoms with Gasteiger partial charge in [-0.15, -0.1) is 5.10 Å². The summed E-state index contributed by atoms with van der Waals surface area (Å²) in [6.07, 6.45) is 1.74. The van der Waals surface area contributed by atoms with Gasteiger partial charge in [0.15, 0.2) is 0 Å². The molecule has 96 valence electrons. The molecule has 0 aliphatic carbocycles. The molecule has 2 N–H and O–H groups in total. The predicted molar refractivity (Wildman–Crippen MR) is 72.4 cm³/mol. The second kappa shape index (κ2) is 5.78. The van der Waals surface area contributed by atoms with Crippen LogP contribution in [-0.4, -0.2) is 21.5 Å². The first kappa shape index (κ1) is 12.8. The molecule has 4 nitrogen and oxygen atoms in total. The predicted octanol–water partition coefficient (Wildman–Crippen LogP) is 1.70. The lowest BCUT2D eigenvalue weighted by Crippen LogP contribution is -2.09. The summed E-state index contributed by atoms with van der Waals surface area (Å²) in [5.74, 6) is 0. The van der Waals surface area contributed by atoms with Crippen molar-refractivity contribution in [3.8, 4) is 0 Å². The van der Waals surface area contributed by atoms with E-state index in [0.29, 0.717) is 6.54 Å². The fraction of sp³-hybridized carbons (Fsp3) is 0.429. The maximum Gasteiger partial charge on any atom is 0.0871 e. The van der Waals surface area contributed by atoms with Crippen molar-refractivity contribution in [3.05, 3.63) is 46.8 Å². The Hall–Kier alpha value is -1.68. The van der Waals surface area contributed by atoms with E-state index >= 15 is 0 Å². The van der Waals surface area contributed by atoms with Crippen molar-refractivity contribution in [1.29, 1.82) is 0 Å². The molecule has 1 heterocycles. The van der Waals surface area contributed by atoms with E-state index in [1.54, 1.807) is 0 Å². The highest BCUT2D eigenvalue weighted by Gasteiger charge is 2.10.